The van der Waals surface area contributed by atoms with Crippen molar-refractivity contribution in [3.8, 4) is 5.69 Å². The summed E-state index contributed by atoms with van der Waals surface area (Å²) in [6.45, 7) is 4.44. The topological polar surface area (TPSA) is 59.8 Å². The predicted molar refractivity (Wildman–Crippen MR) is 93.3 cm³/mol. The number of hydrogen-bond acceptors (Lipinski definition) is 3. The molecule has 3 rings (SSSR count). The Labute approximate surface area is 141 Å². The number of rotatable bonds is 5. The van der Waals surface area contributed by atoms with Crippen LogP contribution in [0.15, 0.2) is 60.7 Å². The summed E-state index contributed by atoms with van der Waals surface area (Å²) in [6.07, 6.45) is 0. The molecule has 0 radical (unpaired) electrons. The summed E-state index contributed by atoms with van der Waals surface area (Å²) in [7, 11) is 0. The first-order chi connectivity index (χ1) is 11.6. The van der Waals surface area contributed by atoms with Crippen LogP contribution < -0.4 is 5.32 Å². The van der Waals surface area contributed by atoms with Crippen molar-refractivity contribution in [2.75, 3.05) is 6.54 Å². The van der Waals surface area contributed by atoms with Gasteiger partial charge in [0.15, 0.2) is 5.69 Å². The first-order valence-electron chi connectivity index (χ1n) is 7.97. The summed E-state index contributed by atoms with van der Waals surface area (Å²) < 4.78 is 0. The van der Waals surface area contributed by atoms with Crippen molar-refractivity contribution >= 4 is 5.91 Å². The largest absolute Gasteiger partial charge is 0.350 e. The van der Waals surface area contributed by atoms with Crippen LogP contribution in [0.3, 0.4) is 0 Å². The fourth-order valence-corrected chi connectivity index (χ4v) is 2.49. The number of para-hydroxylation sites is 1. The highest BCUT2D eigenvalue weighted by Gasteiger charge is 2.17. The number of hydrogen-bond donors (Lipinski definition) is 1. The first-order valence-corrected chi connectivity index (χ1v) is 7.97. The minimum absolute atomic E-state index is 0.197. The van der Waals surface area contributed by atoms with Gasteiger partial charge in [0.2, 0.25) is 0 Å². The average Bonchev–Trinajstić information content (AvgIpc) is 3.03. The Bertz CT molecular complexity index is 812. The van der Waals surface area contributed by atoms with Gasteiger partial charge >= 0.3 is 0 Å². The lowest BCUT2D eigenvalue weighted by Crippen LogP contribution is -2.28. The van der Waals surface area contributed by atoms with Crippen molar-refractivity contribution < 1.29 is 4.79 Å². The fourth-order valence-electron chi connectivity index (χ4n) is 2.49. The monoisotopic (exact) mass is 320 g/mol. The third-order valence-corrected chi connectivity index (χ3v) is 3.92. The van der Waals surface area contributed by atoms with Gasteiger partial charge in [-0.25, -0.2) is 0 Å². The Hall–Kier alpha value is -2.95. The van der Waals surface area contributed by atoms with Crippen LogP contribution in [0, 0.1) is 6.92 Å². The van der Waals surface area contributed by atoms with Gasteiger partial charge in [-0.3, -0.25) is 4.79 Å². The van der Waals surface area contributed by atoms with Crippen LogP contribution >= 0.6 is 0 Å². The molecule has 0 aliphatic carbocycles. The number of carbonyl (C=O) groups excluding carboxylic acids is 1. The first kappa shape index (κ1) is 15.9. The SMILES string of the molecule is Cc1nn(-c2ccccc2)nc1C(=O)NC[C@@H](C)c1ccccc1. The minimum atomic E-state index is -0.197. The Morgan fingerprint density at radius 3 is 2.33 bits per heavy atom. The molecule has 0 bridgehead atoms. The van der Waals surface area contributed by atoms with E-state index in [0.717, 1.165) is 5.69 Å². The number of benzene rings is 2. The van der Waals surface area contributed by atoms with Gasteiger partial charge < -0.3 is 5.32 Å². The number of aryl methyl sites for hydroxylation is 1. The summed E-state index contributed by atoms with van der Waals surface area (Å²) in [5.74, 6) is 0.0390. The molecule has 1 atom stereocenters. The van der Waals surface area contributed by atoms with Gasteiger partial charge in [-0.1, -0.05) is 55.5 Å². The maximum atomic E-state index is 12.4. The highest BCUT2D eigenvalue weighted by Crippen LogP contribution is 2.14. The average molecular weight is 320 g/mol. The zero-order chi connectivity index (χ0) is 16.9. The van der Waals surface area contributed by atoms with Crippen LogP contribution in [-0.2, 0) is 0 Å². The van der Waals surface area contributed by atoms with Crippen molar-refractivity contribution in [1.82, 2.24) is 20.3 Å². The summed E-state index contributed by atoms with van der Waals surface area (Å²) in [4.78, 5) is 13.9. The van der Waals surface area contributed by atoms with Crippen molar-refractivity contribution in [3.63, 3.8) is 0 Å². The van der Waals surface area contributed by atoms with Gasteiger partial charge in [0.05, 0.1) is 11.4 Å². The number of aromatic nitrogens is 3. The molecule has 0 saturated carbocycles. The quantitative estimate of drug-likeness (QED) is 0.786. The van der Waals surface area contributed by atoms with Gasteiger partial charge in [0.1, 0.15) is 0 Å². The third-order valence-electron chi connectivity index (χ3n) is 3.92. The molecule has 2 aromatic carbocycles. The minimum Gasteiger partial charge on any atom is -0.350 e. The van der Waals surface area contributed by atoms with E-state index in [1.54, 1.807) is 6.92 Å². The molecule has 0 saturated heterocycles. The molecular weight excluding hydrogens is 300 g/mol. The molecule has 24 heavy (non-hydrogen) atoms. The van der Waals surface area contributed by atoms with E-state index in [1.807, 2.05) is 48.5 Å². The van der Waals surface area contributed by atoms with E-state index in [1.165, 1.54) is 10.4 Å². The normalized spacial score (nSPS) is 11.9. The Morgan fingerprint density at radius 2 is 1.67 bits per heavy atom. The molecule has 0 unspecified atom stereocenters. The number of nitrogens with one attached hydrogen (secondary N) is 1. The van der Waals surface area contributed by atoms with Gasteiger partial charge in [0.25, 0.3) is 5.91 Å². The van der Waals surface area contributed by atoms with Crippen molar-refractivity contribution in [1.29, 1.82) is 0 Å². The second-order valence-electron chi connectivity index (χ2n) is 5.78. The maximum absolute atomic E-state index is 12.4. The van der Waals surface area contributed by atoms with Gasteiger partial charge in [0, 0.05) is 6.54 Å². The number of amides is 1. The van der Waals surface area contributed by atoms with Crippen LogP contribution in [0.2, 0.25) is 0 Å². The molecular formula is C19H20N4O. The van der Waals surface area contributed by atoms with E-state index in [2.05, 4.69) is 34.6 Å². The molecule has 122 valence electrons. The molecule has 1 N–H and O–H groups in total. The lowest BCUT2D eigenvalue weighted by molar-refractivity contribution is 0.0945. The molecule has 0 aliphatic heterocycles. The van der Waals surface area contributed by atoms with Crippen LogP contribution in [0.25, 0.3) is 5.69 Å². The molecule has 1 aromatic heterocycles. The van der Waals surface area contributed by atoms with E-state index in [-0.39, 0.29) is 11.8 Å². The van der Waals surface area contributed by atoms with Gasteiger partial charge in [-0.15, -0.1) is 5.10 Å². The summed E-state index contributed by atoms with van der Waals surface area (Å²) in [6, 6.07) is 19.7. The van der Waals surface area contributed by atoms with Crippen molar-refractivity contribution in [2.24, 2.45) is 0 Å². The summed E-state index contributed by atoms with van der Waals surface area (Å²) >= 11 is 0. The molecule has 0 fully saturated rings. The van der Waals surface area contributed by atoms with Crippen LogP contribution in [0.1, 0.15) is 34.6 Å². The second-order valence-corrected chi connectivity index (χ2v) is 5.78. The van der Waals surface area contributed by atoms with Crippen molar-refractivity contribution in [3.05, 3.63) is 77.6 Å². The highest BCUT2D eigenvalue weighted by molar-refractivity contribution is 5.93. The van der Waals surface area contributed by atoms with E-state index in [0.29, 0.717) is 17.9 Å². The van der Waals surface area contributed by atoms with E-state index >= 15 is 0 Å². The van der Waals surface area contributed by atoms with E-state index < -0.39 is 0 Å². The zero-order valence-corrected chi connectivity index (χ0v) is 13.8. The summed E-state index contributed by atoms with van der Waals surface area (Å²) in [5, 5.41) is 11.6. The number of nitrogens with zero attached hydrogens (tertiary/aromatic N) is 3. The third kappa shape index (κ3) is 3.51. The molecule has 1 amide bonds. The molecule has 1 heterocycles. The predicted octanol–water partition coefficient (Wildman–Crippen LogP) is 3.11. The Balaban J connectivity index is 1.68. The van der Waals surface area contributed by atoms with Gasteiger partial charge in [-0.05, 0) is 30.5 Å². The van der Waals surface area contributed by atoms with E-state index in [9.17, 15) is 4.79 Å². The van der Waals surface area contributed by atoms with Crippen LogP contribution in [0.4, 0.5) is 0 Å². The second kappa shape index (κ2) is 7.08. The fraction of sp³-hybridized carbons (Fsp3) is 0.211. The molecule has 3 aromatic rings. The number of carbonyl (C=O) groups is 1. The zero-order valence-electron chi connectivity index (χ0n) is 13.8. The summed E-state index contributed by atoms with van der Waals surface area (Å²) in [5.41, 5.74) is 3.00. The van der Waals surface area contributed by atoms with Crippen LogP contribution in [0.5, 0.6) is 0 Å². The lowest BCUT2D eigenvalue weighted by atomic mass is 10.0. The van der Waals surface area contributed by atoms with Crippen LogP contribution in [-0.4, -0.2) is 27.4 Å². The lowest BCUT2D eigenvalue weighted by Gasteiger charge is -2.12. The Morgan fingerprint density at radius 1 is 1.04 bits per heavy atom. The van der Waals surface area contributed by atoms with Crippen molar-refractivity contribution in [2.45, 2.75) is 19.8 Å². The standard InChI is InChI=1S/C19H20N4O/c1-14(16-9-5-3-6-10-16)13-20-19(24)18-15(2)21-23(22-18)17-11-7-4-8-12-17/h3-12,14H,13H2,1-2H3,(H,20,24)/t14-/m1/s1. The van der Waals surface area contributed by atoms with E-state index in [4.69, 9.17) is 0 Å². The smallest absolute Gasteiger partial charge is 0.273 e. The molecule has 0 spiro atoms. The molecule has 5 nitrogen and oxygen atoms in total. The molecule has 5 heteroatoms. The van der Waals surface area contributed by atoms with Gasteiger partial charge in [-0.2, -0.15) is 9.90 Å². The Kier molecular flexibility index (Phi) is 4.70. The maximum Gasteiger partial charge on any atom is 0.273 e. The highest BCUT2D eigenvalue weighted by atomic mass is 16.2. The molecule has 0 aliphatic rings.